The fraction of sp³-hybridized carbons (Fsp3) is 0.538. The van der Waals surface area contributed by atoms with Crippen LogP contribution < -0.4 is 0 Å². The maximum Gasteiger partial charge on any atom is 0.308 e. The molecule has 1 saturated carbocycles. The van der Waals surface area contributed by atoms with Gasteiger partial charge in [-0.2, -0.15) is 0 Å². The molecule has 30 heavy (non-hydrogen) atoms. The van der Waals surface area contributed by atoms with Gasteiger partial charge in [-0.05, 0) is 55.3 Å². The average Bonchev–Trinajstić information content (AvgIpc) is 2.73. The summed E-state index contributed by atoms with van der Waals surface area (Å²) >= 11 is 0. The van der Waals surface area contributed by atoms with Crippen molar-refractivity contribution in [3.05, 3.63) is 66.0 Å². The molecular formula is C26H36N2O2. The molecular weight excluding hydrogens is 372 g/mol. The number of aromatic nitrogens is 1. The molecule has 0 N–H and O–H groups in total. The molecule has 2 aromatic rings. The number of nitrogens with zero attached hydrogens (tertiary/aromatic N) is 2. The molecule has 0 amide bonds. The van der Waals surface area contributed by atoms with Crippen LogP contribution in [0.15, 0.2) is 54.7 Å². The predicted octanol–water partition coefficient (Wildman–Crippen LogP) is 5.65. The highest BCUT2D eigenvalue weighted by molar-refractivity contribution is 5.70. The Hall–Kier alpha value is -2.20. The first-order valence-corrected chi connectivity index (χ1v) is 11.3. The van der Waals surface area contributed by atoms with Gasteiger partial charge in [0.15, 0.2) is 0 Å². The standard InChI is InChI=1S/C26H36N2O2/c1-19(2)23-14-13-20(3)16-25(23)30-26(29)17-24(21-10-6-5-7-11-21)28(4)18-22-12-8-9-15-27-22/h5-12,15,19-20,23-25H,13-14,16-18H2,1-4H3/t20-,23+,24?,25-/m1/s1. The van der Waals surface area contributed by atoms with Crippen molar-refractivity contribution < 1.29 is 9.53 Å². The zero-order valence-corrected chi connectivity index (χ0v) is 18.8. The van der Waals surface area contributed by atoms with E-state index in [0.29, 0.717) is 30.7 Å². The maximum atomic E-state index is 13.1. The third-order valence-corrected chi connectivity index (χ3v) is 6.46. The SMILES string of the molecule is CC(C)[C@@H]1CC[C@@H](C)C[C@H]1OC(=O)CC(c1ccccc1)N(C)Cc1ccccn1. The summed E-state index contributed by atoms with van der Waals surface area (Å²) in [5.74, 6) is 1.52. The normalized spacial score (nSPS) is 22.8. The van der Waals surface area contributed by atoms with E-state index in [2.05, 4.69) is 49.8 Å². The second-order valence-electron chi connectivity index (χ2n) is 9.22. The monoisotopic (exact) mass is 408 g/mol. The summed E-state index contributed by atoms with van der Waals surface area (Å²) in [6, 6.07) is 16.1. The van der Waals surface area contributed by atoms with Gasteiger partial charge in [0.25, 0.3) is 0 Å². The zero-order chi connectivity index (χ0) is 21.5. The van der Waals surface area contributed by atoms with Gasteiger partial charge in [-0.1, -0.05) is 63.6 Å². The lowest BCUT2D eigenvalue weighted by Crippen LogP contribution is -2.37. The van der Waals surface area contributed by atoms with Gasteiger partial charge in [-0.25, -0.2) is 0 Å². The number of pyridine rings is 1. The van der Waals surface area contributed by atoms with Crippen molar-refractivity contribution in [1.29, 1.82) is 0 Å². The second-order valence-corrected chi connectivity index (χ2v) is 9.22. The van der Waals surface area contributed by atoms with Gasteiger partial charge in [-0.15, -0.1) is 0 Å². The van der Waals surface area contributed by atoms with E-state index in [0.717, 1.165) is 24.1 Å². The van der Waals surface area contributed by atoms with Gasteiger partial charge in [0.2, 0.25) is 0 Å². The highest BCUT2D eigenvalue weighted by atomic mass is 16.5. The molecule has 4 nitrogen and oxygen atoms in total. The highest BCUT2D eigenvalue weighted by Gasteiger charge is 2.34. The van der Waals surface area contributed by atoms with Crippen molar-refractivity contribution in [2.75, 3.05) is 7.05 Å². The summed E-state index contributed by atoms with van der Waals surface area (Å²) in [4.78, 5) is 19.7. The molecule has 1 aromatic carbocycles. The van der Waals surface area contributed by atoms with E-state index >= 15 is 0 Å². The number of ether oxygens (including phenoxy) is 1. The van der Waals surface area contributed by atoms with Gasteiger partial charge >= 0.3 is 5.97 Å². The molecule has 1 aromatic heterocycles. The van der Waals surface area contributed by atoms with E-state index in [1.54, 1.807) is 0 Å². The molecule has 0 radical (unpaired) electrons. The average molecular weight is 409 g/mol. The number of carbonyl (C=O) groups is 1. The van der Waals surface area contributed by atoms with Gasteiger partial charge in [0, 0.05) is 18.8 Å². The topological polar surface area (TPSA) is 42.4 Å². The molecule has 0 saturated heterocycles. The van der Waals surface area contributed by atoms with Crippen LogP contribution in [0.2, 0.25) is 0 Å². The van der Waals surface area contributed by atoms with E-state index in [1.165, 1.54) is 6.42 Å². The number of benzene rings is 1. The van der Waals surface area contributed by atoms with Crippen LogP contribution in [-0.4, -0.2) is 29.0 Å². The molecule has 1 fully saturated rings. The highest BCUT2D eigenvalue weighted by Crippen LogP contribution is 2.36. The van der Waals surface area contributed by atoms with Crippen molar-refractivity contribution in [3.63, 3.8) is 0 Å². The predicted molar refractivity (Wildman–Crippen MR) is 121 cm³/mol. The Kier molecular flexibility index (Phi) is 8.03. The summed E-state index contributed by atoms with van der Waals surface area (Å²) in [5.41, 5.74) is 2.13. The van der Waals surface area contributed by atoms with Gasteiger partial charge in [0.1, 0.15) is 6.10 Å². The lowest BCUT2D eigenvalue weighted by atomic mass is 9.75. The van der Waals surface area contributed by atoms with Crippen molar-refractivity contribution in [2.24, 2.45) is 17.8 Å². The number of hydrogen-bond donors (Lipinski definition) is 0. The first-order chi connectivity index (χ1) is 14.4. The molecule has 3 rings (SSSR count). The summed E-state index contributed by atoms with van der Waals surface area (Å²) in [7, 11) is 2.05. The molecule has 1 unspecified atom stereocenters. The molecule has 162 valence electrons. The summed E-state index contributed by atoms with van der Waals surface area (Å²) in [6.07, 6.45) is 5.57. The molecule has 1 aliphatic rings. The van der Waals surface area contributed by atoms with Crippen LogP contribution >= 0.6 is 0 Å². The zero-order valence-electron chi connectivity index (χ0n) is 18.8. The van der Waals surface area contributed by atoms with Crippen LogP contribution in [0, 0.1) is 17.8 Å². The molecule has 0 bridgehead atoms. The van der Waals surface area contributed by atoms with Crippen LogP contribution in [0.5, 0.6) is 0 Å². The summed E-state index contributed by atoms with van der Waals surface area (Å²) in [5, 5.41) is 0. The smallest absolute Gasteiger partial charge is 0.308 e. The molecule has 1 aliphatic carbocycles. The van der Waals surface area contributed by atoms with E-state index in [1.807, 2.05) is 42.6 Å². The molecule has 0 aliphatic heterocycles. The van der Waals surface area contributed by atoms with E-state index in [9.17, 15) is 4.79 Å². The van der Waals surface area contributed by atoms with Crippen LogP contribution in [-0.2, 0) is 16.1 Å². The van der Waals surface area contributed by atoms with Crippen LogP contribution in [0.1, 0.15) is 63.8 Å². The fourth-order valence-corrected chi connectivity index (χ4v) is 4.69. The van der Waals surface area contributed by atoms with Crippen molar-refractivity contribution in [1.82, 2.24) is 9.88 Å². The fourth-order valence-electron chi connectivity index (χ4n) is 4.69. The van der Waals surface area contributed by atoms with Gasteiger partial charge < -0.3 is 4.74 Å². The summed E-state index contributed by atoms with van der Waals surface area (Å²) in [6.45, 7) is 7.44. The van der Waals surface area contributed by atoms with Crippen molar-refractivity contribution in [3.8, 4) is 0 Å². The second kappa shape index (κ2) is 10.7. The molecule has 0 spiro atoms. The summed E-state index contributed by atoms with van der Waals surface area (Å²) < 4.78 is 6.11. The first-order valence-electron chi connectivity index (χ1n) is 11.3. The van der Waals surface area contributed by atoms with Crippen molar-refractivity contribution >= 4 is 5.97 Å². The van der Waals surface area contributed by atoms with E-state index < -0.39 is 0 Å². The largest absolute Gasteiger partial charge is 0.462 e. The quantitative estimate of drug-likeness (QED) is 0.530. The van der Waals surface area contributed by atoms with Crippen LogP contribution in [0.4, 0.5) is 0 Å². The minimum absolute atomic E-state index is 0.0405. The first kappa shape index (κ1) is 22.5. The number of carbonyl (C=O) groups excluding carboxylic acids is 1. The van der Waals surface area contributed by atoms with E-state index in [4.69, 9.17) is 4.74 Å². The molecule has 1 heterocycles. The lowest BCUT2D eigenvalue weighted by Gasteiger charge is -2.37. The van der Waals surface area contributed by atoms with Gasteiger partial charge in [0.05, 0.1) is 12.1 Å². The Morgan fingerprint density at radius 1 is 1.13 bits per heavy atom. The number of esters is 1. The minimum Gasteiger partial charge on any atom is -0.462 e. The lowest BCUT2D eigenvalue weighted by molar-refractivity contribution is -0.157. The molecule has 4 atom stereocenters. The number of rotatable bonds is 8. The molecule has 4 heteroatoms. The third-order valence-electron chi connectivity index (χ3n) is 6.46. The van der Waals surface area contributed by atoms with Gasteiger partial charge in [-0.3, -0.25) is 14.7 Å². The Bertz CT molecular complexity index is 778. The maximum absolute atomic E-state index is 13.1. The van der Waals surface area contributed by atoms with E-state index in [-0.39, 0.29) is 18.1 Å². The Morgan fingerprint density at radius 2 is 1.87 bits per heavy atom. The Balaban J connectivity index is 1.71. The Labute approximate surface area is 181 Å². The van der Waals surface area contributed by atoms with Crippen molar-refractivity contribution in [2.45, 2.75) is 65.1 Å². The minimum atomic E-state index is -0.0959. The van der Waals surface area contributed by atoms with Crippen LogP contribution in [0.25, 0.3) is 0 Å². The van der Waals surface area contributed by atoms with Crippen LogP contribution in [0.3, 0.4) is 0 Å². The number of hydrogen-bond acceptors (Lipinski definition) is 4. The Morgan fingerprint density at radius 3 is 2.53 bits per heavy atom. The third kappa shape index (κ3) is 6.15.